The molecule has 0 aliphatic heterocycles. The van der Waals surface area contributed by atoms with Gasteiger partial charge in [-0.1, -0.05) is 39.0 Å². The van der Waals surface area contributed by atoms with Crippen molar-refractivity contribution in [2.24, 2.45) is 4.99 Å². The third kappa shape index (κ3) is 9.51. The summed E-state index contributed by atoms with van der Waals surface area (Å²) in [6.07, 6.45) is 6.74. The zero-order valence-corrected chi connectivity index (χ0v) is 11.9. The van der Waals surface area contributed by atoms with E-state index in [1.807, 2.05) is 0 Å². The molecule has 0 fully saturated rings. The molecule has 1 nitrogen and oxygen atoms in total. The number of aliphatic imine (C=N–C) groups is 1. The number of nitrogens with zero attached hydrogens (tertiary/aromatic N) is 1. The summed E-state index contributed by atoms with van der Waals surface area (Å²) in [6, 6.07) is -0.130. The normalized spacial score (nSPS) is 13.5. The van der Waals surface area contributed by atoms with Crippen LogP contribution in [0, 0.1) is 0 Å². The summed E-state index contributed by atoms with van der Waals surface area (Å²) in [7, 11) is 0. The minimum atomic E-state index is -3.28. The van der Waals surface area contributed by atoms with Crippen LogP contribution < -0.4 is 0 Å². The molecule has 102 valence electrons. The molecule has 4 heteroatoms. The summed E-state index contributed by atoms with van der Waals surface area (Å²) in [4.78, 5) is 3.92. The fourth-order valence-electron chi connectivity index (χ4n) is 1.66. The number of rotatable bonds is 9. The molecule has 0 aliphatic carbocycles. The molecule has 0 radical (unpaired) electrons. The molecule has 0 N–H and O–H groups in total. The Kier molecular flexibility index (Phi) is 8.75. The van der Waals surface area contributed by atoms with E-state index < -0.39 is 5.38 Å². The van der Waals surface area contributed by atoms with E-state index in [-0.39, 0.29) is 11.8 Å². The van der Waals surface area contributed by atoms with Crippen molar-refractivity contribution < 1.29 is 8.78 Å². The topological polar surface area (TPSA) is 12.4 Å². The van der Waals surface area contributed by atoms with Crippen molar-refractivity contribution in [3.63, 3.8) is 0 Å². The minimum Gasteiger partial charge on any atom is -0.284 e. The molecule has 0 heterocycles. The van der Waals surface area contributed by atoms with Crippen molar-refractivity contribution in [2.45, 2.75) is 77.1 Å². The van der Waals surface area contributed by atoms with Gasteiger partial charge in [-0.3, -0.25) is 4.99 Å². The maximum atomic E-state index is 13.0. The quantitative estimate of drug-likeness (QED) is 0.301. The summed E-state index contributed by atoms with van der Waals surface area (Å²) in [5, 5.41) is -3.28. The first-order chi connectivity index (χ1) is 7.88. The first-order valence-electron chi connectivity index (χ1n) is 6.51. The van der Waals surface area contributed by atoms with Crippen molar-refractivity contribution in [3.8, 4) is 0 Å². The Bertz CT molecular complexity index is 222. The molecule has 0 bridgehead atoms. The van der Waals surface area contributed by atoms with Crippen molar-refractivity contribution >= 4 is 17.3 Å². The zero-order chi connectivity index (χ0) is 13.3. The molecule has 17 heavy (non-hydrogen) atoms. The molecule has 0 aliphatic rings. The summed E-state index contributed by atoms with van der Waals surface area (Å²) in [6.45, 7) is 5.72. The maximum Gasteiger partial charge on any atom is 0.360 e. The first kappa shape index (κ1) is 16.8. The van der Waals surface area contributed by atoms with E-state index in [2.05, 4.69) is 11.9 Å². The summed E-state index contributed by atoms with van der Waals surface area (Å²) < 4.78 is 26.0. The fraction of sp³-hybridized carbons (Fsp3) is 0.923. The third-order valence-corrected chi connectivity index (χ3v) is 2.73. The second-order valence-corrected chi connectivity index (χ2v) is 5.16. The molecule has 0 amide bonds. The van der Waals surface area contributed by atoms with Gasteiger partial charge in [0.05, 0.1) is 5.71 Å². The van der Waals surface area contributed by atoms with Gasteiger partial charge in [0.1, 0.15) is 0 Å². The highest BCUT2D eigenvalue weighted by molar-refractivity contribution is 6.33. The first-order valence-corrected chi connectivity index (χ1v) is 6.89. The Morgan fingerprint density at radius 3 is 2.12 bits per heavy atom. The molecule has 0 aromatic carbocycles. The van der Waals surface area contributed by atoms with E-state index in [4.69, 9.17) is 11.6 Å². The molecule has 0 spiro atoms. The van der Waals surface area contributed by atoms with Crippen LogP contribution in [0.5, 0.6) is 0 Å². The van der Waals surface area contributed by atoms with E-state index in [9.17, 15) is 8.78 Å². The Morgan fingerprint density at radius 2 is 1.65 bits per heavy atom. The summed E-state index contributed by atoms with van der Waals surface area (Å²) in [5.41, 5.74) is -0.162. The second-order valence-electron chi connectivity index (χ2n) is 4.69. The van der Waals surface area contributed by atoms with Gasteiger partial charge in [0.15, 0.2) is 0 Å². The van der Waals surface area contributed by atoms with Crippen LogP contribution in [0.2, 0.25) is 0 Å². The Balaban J connectivity index is 3.95. The van der Waals surface area contributed by atoms with E-state index in [1.54, 1.807) is 13.8 Å². The van der Waals surface area contributed by atoms with Crippen LogP contribution in [-0.4, -0.2) is 17.1 Å². The van der Waals surface area contributed by atoms with Crippen molar-refractivity contribution in [1.82, 2.24) is 0 Å². The maximum absolute atomic E-state index is 13.0. The van der Waals surface area contributed by atoms with Crippen LogP contribution in [-0.2, 0) is 0 Å². The molecule has 0 unspecified atom stereocenters. The van der Waals surface area contributed by atoms with E-state index in [0.29, 0.717) is 6.42 Å². The molecule has 0 saturated heterocycles. The van der Waals surface area contributed by atoms with Crippen molar-refractivity contribution in [1.29, 1.82) is 0 Å². The molecule has 0 saturated carbocycles. The molecule has 0 rings (SSSR count). The van der Waals surface area contributed by atoms with Gasteiger partial charge in [-0.2, -0.15) is 8.78 Å². The Morgan fingerprint density at radius 1 is 1.12 bits per heavy atom. The largest absolute Gasteiger partial charge is 0.360 e. The number of unbranched alkanes of at least 4 members (excludes halogenated alkanes) is 5. The average molecular weight is 268 g/mol. The molecule has 0 atom stereocenters. The highest BCUT2D eigenvalue weighted by Crippen LogP contribution is 2.25. The lowest BCUT2D eigenvalue weighted by Gasteiger charge is -2.13. The van der Waals surface area contributed by atoms with E-state index in [1.165, 1.54) is 19.3 Å². The lowest BCUT2D eigenvalue weighted by molar-refractivity contribution is 0.171. The predicted molar refractivity (Wildman–Crippen MR) is 71.4 cm³/mol. The standard InChI is InChI=1S/C13H24ClF2N/c1-4-5-6-7-8-9-10-12(13(14,15)16)17-11(2)3/h11H,4-10H2,1-3H3. The predicted octanol–water partition coefficient (Wildman–Crippen LogP) is 5.42. The number of alkyl halides is 3. The molecular weight excluding hydrogens is 244 g/mol. The lowest BCUT2D eigenvalue weighted by atomic mass is 10.1. The minimum absolute atomic E-state index is 0.130. The van der Waals surface area contributed by atoms with E-state index in [0.717, 1.165) is 19.3 Å². The van der Waals surface area contributed by atoms with Gasteiger partial charge in [-0.25, -0.2) is 0 Å². The lowest BCUT2D eigenvalue weighted by Crippen LogP contribution is -2.23. The monoisotopic (exact) mass is 267 g/mol. The van der Waals surface area contributed by atoms with Gasteiger partial charge in [0.25, 0.3) is 0 Å². The van der Waals surface area contributed by atoms with Crippen LogP contribution >= 0.6 is 11.6 Å². The molecule has 0 aromatic rings. The molecule has 0 aromatic heterocycles. The SMILES string of the molecule is CCCCCCCCC(=NC(C)C)C(F)(F)Cl. The number of halogens is 3. The van der Waals surface area contributed by atoms with Gasteiger partial charge in [0, 0.05) is 6.04 Å². The highest BCUT2D eigenvalue weighted by Gasteiger charge is 2.32. The van der Waals surface area contributed by atoms with Crippen molar-refractivity contribution in [2.75, 3.05) is 0 Å². The van der Waals surface area contributed by atoms with Crippen LogP contribution in [0.15, 0.2) is 4.99 Å². The van der Waals surface area contributed by atoms with Gasteiger partial charge < -0.3 is 0 Å². The van der Waals surface area contributed by atoms with Gasteiger partial charge in [0.2, 0.25) is 0 Å². The van der Waals surface area contributed by atoms with E-state index >= 15 is 0 Å². The number of hydrogen-bond donors (Lipinski definition) is 0. The van der Waals surface area contributed by atoms with Crippen LogP contribution in [0.4, 0.5) is 8.78 Å². The second kappa shape index (κ2) is 8.84. The Hall–Kier alpha value is -0.180. The zero-order valence-electron chi connectivity index (χ0n) is 11.1. The van der Waals surface area contributed by atoms with Crippen LogP contribution in [0.1, 0.15) is 65.7 Å². The van der Waals surface area contributed by atoms with Crippen molar-refractivity contribution in [3.05, 3.63) is 0 Å². The van der Waals surface area contributed by atoms with Crippen LogP contribution in [0.25, 0.3) is 0 Å². The fourth-order valence-corrected chi connectivity index (χ4v) is 1.81. The summed E-state index contributed by atoms with van der Waals surface area (Å²) >= 11 is 5.04. The third-order valence-electron chi connectivity index (χ3n) is 2.51. The highest BCUT2D eigenvalue weighted by atomic mass is 35.5. The number of hydrogen-bond acceptors (Lipinski definition) is 1. The van der Waals surface area contributed by atoms with Gasteiger partial charge >= 0.3 is 5.38 Å². The Labute approximate surface area is 109 Å². The smallest absolute Gasteiger partial charge is 0.284 e. The van der Waals surface area contributed by atoms with Gasteiger partial charge in [-0.05, 0) is 38.3 Å². The summed E-state index contributed by atoms with van der Waals surface area (Å²) in [5.74, 6) is 0. The average Bonchev–Trinajstić information content (AvgIpc) is 2.19. The molecular formula is C13H24ClF2N. The van der Waals surface area contributed by atoms with Crippen LogP contribution in [0.3, 0.4) is 0 Å². The van der Waals surface area contributed by atoms with Gasteiger partial charge in [-0.15, -0.1) is 0 Å².